The van der Waals surface area contributed by atoms with Crippen molar-refractivity contribution in [2.75, 3.05) is 46.3 Å². The number of carbonyl (C=O) groups is 1. The van der Waals surface area contributed by atoms with Crippen LogP contribution in [-0.2, 0) is 6.54 Å². The molecule has 1 saturated heterocycles. The molecule has 7 nitrogen and oxygen atoms in total. The van der Waals surface area contributed by atoms with Crippen molar-refractivity contribution in [3.05, 3.63) is 45.3 Å². The van der Waals surface area contributed by atoms with Crippen molar-refractivity contribution in [3.63, 3.8) is 0 Å². The summed E-state index contributed by atoms with van der Waals surface area (Å²) in [6.07, 6.45) is 7.21. The maximum Gasteiger partial charge on any atom is 0.317 e. The summed E-state index contributed by atoms with van der Waals surface area (Å²) in [7, 11) is 2.19. The summed E-state index contributed by atoms with van der Waals surface area (Å²) in [5, 5.41) is 2.98. The number of rotatable bonds is 7. The molecule has 2 amide bonds. The van der Waals surface area contributed by atoms with E-state index < -0.39 is 0 Å². The van der Waals surface area contributed by atoms with Crippen LogP contribution in [0.25, 0.3) is 17.2 Å². The first-order valence-corrected chi connectivity index (χ1v) is 13.3. The maximum atomic E-state index is 12.4. The van der Waals surface area contributed by atoms with Gasteiger partial charge >= 0.3 is 6.03 Å². The van der Waals surface area contributed by atoms with Gasteiger partial charge in [0.1, 0.15) is 5.82 Å². The number of aliphatic imine (C=N–C) groups is 1. The molecule has 0 aromatic carbocycles. The molecule has 2 aromatic rings. The summed E-state index contributed by atoms with van der Waals surface area (Å²) in [4.78, 5) is 29.4. The van der Waals surface area contributed by atoms with Crippen LogP contribution >= 0.6 is 11.3 Å². The van der Waals surface area contributed by atoms with Crippen LogP contribution < -0.4 is 5.32 Å². The Morgan fingerprint density at radius 1 is 1.26 bits per heavy atom. The van der Waals surface area contributed by atoms with Crippen LogP contribution in [0.3, 0.4) is 0 Å². The van der Waals surface area contributed by atoms with Crippen LogP contribution in [-0.4, -0.2) is 84.8 Å². The Morgan fingerprint density at radius 2 is 2.03 bits per heavy atom. The van der Waals surface area contributed by atoms with Gasteiger partial charge in [-0.05, 0) is 70.3 Å². The largest absolute Gasteiger partial charge is 0.346 e. The number of aromatic nitrogens is 1. The van der Waals surface area contributed by atoms with Crippen molar-refractivity contribution < 1.29 is 4.79 Å². The van der Waals surface area contributed by atoms with Gasteiger partial charge in [0.2, 0.25) is 0 Å². The first-order valence-electron chi connectivity index (χ1n) is 12.4. The summed E-state index contributed by atoms with van der Waals surface area (Å²) in [5.74, 6) is 0.787. The van der Waals surface area contributed by atoms with Crippen LogP contribution in [0.1, 0.15) is 48.1 Å². The second-order valence-corrected chi connectivity index (χ2v) is 11.0. The minimum atomic E-state index is -0.00106. The highest BCUT2D eigenvalue weighted by molar-refractivity contribution is 7.13. The highest BCUT2D eigenvalue weighted by atomic mass is 32.1. The van der Waals surface area contributed by atoms with E-state index in [0.29, 0.717) is 13.1 Å². The average molecular weight is 495 g/mol. The third-order valence-corrected chi connectivity index (χ3v) is 7.90. The summed E-state index contributed by atoms with van der Waals surface area (Å²) >= 11 is 1.87. The number of amides is 2. The minimum Gasteiger partial charge on any atom is -0.346 e. The fraction of sp³-hybridized carbons (Fsp3) is 0.481. The van der Waals surface area contributed by atoms with Crippen molar-refractivity contribution in [2.45, 2.75) is 39.8 Å². The monoisotopic (exact) mass is 494 g/mol. The van der Waals surface area contributed by atoms with Crippen molar-refractivity contribution in [2.24, 2.45) is 4.99 Å². The smallest absolute Gasteiger partial charge is 0.317 e. The predicted molar refractivity (Wildman–Crippen MR) is 148 cm³/mol. The van der Waals surface area contributed by atoms with E-state index in [1.807, 2.05) is 36.3 Å². The number of nitrogens with one attached hydrogen (secondary N) is 2. The van der Waals surface area contributed by atoms with Crippen LogP contribution in [0.15, 0.2) is 29.4 Å². The first-order chi connectivity index (χ1) is 16.8. The number of piperazine rings is 1. The molecular formula is C27H38N6OS. The summed E-state index contributed by atoms with van der Waals surface area (Å²) in [6, 6.07) is 4.64. The number of H-pyrrole nitrogens is 1. The molecular weight excluding hydrogens is 456 g/mol. The normalized spacial score (nSPS) is 18.1. The van der Waals surface area contributed by atoms with Gasteiger partial charge in [0.05, 0.1) is 0 Å². The van der Waals surface area contributed by atoms with Crippen molar-refractivity contribution in [1.82, 2.24) is 25.0 Å². The predicted octanol–water partition coefficient (Wildman–Crippen LogP) is 4.92. The van der Waals surface area contributed by atoms with E-state index in [9.17, 15) is 4.79 Å². The Labute approximate surface area is 213 Å². The van der Waals surface area contributed by atoms with E-state index in [2.05, 4.69) is 70.1 Å². The van der Waals surface area contributed by atoms with Gasteiger partial charge in [0.15, 0.2) is 0 Å². The van der Waals surface area contributed by atoms with Gasteiger partial charge in [0.25, 0.3) is 0 Å². The number of likely N-dealkylation sites (N-methyl/N-ethyl adjacent to an activating group) is 1. The number of hydrogen-bond donors (Lipinski definition) is 2. The molecule has 35 heavy (non-hydrogen) atoms. The fourth-order valence-electron chi connectivity index (χ4n) is 4.59. The summed E-state index contributed by atoms with van der Waals surface area (Å²) < 4.78 is 0. The number of hydrogen-bond acceptors (Lipinski definition) is 5. The van der Waals surface area contributed by atoms with Gasteiger partial charge in [-0.25, -0.2) is 9.79 Å². The number of allylic oxidation sites excluding steroid dienone is 1. The quantitative estimate of drug-likeness (QED) is 0.537. The van der Waals surface area contributed by atoms with Gasteiger partial charge in [-0.2, -0.15) is 0 Å². The standard InChI is InChI=1S/C27H38N6OS/c1-19(2)30-27(34)33-10-8-21(9-11-33)24-17-29-26(28-4)23(24)16-20(3)25-7-6-22(35-25)18-32-14-12-31(5)13-15-32/h6-8,16-17,19,29H,4,9-15,18H2,1-3,5H3,(H,30,34)/b20-16+. The van der Waals surface area contributed by atoms with Gasteiger partial charge in [-0.15, -0.1) is 11.3 Å². The zero-order valence-corrected chi connectivity index (χ0v) is 22.2. The molecule has 2 aliphatic heterocycles. The number of thiophene rings is 1. The molecule has 1 fully saturated rings. The zero-order chi connectivity index (χ0) is 24.9. The van der Waals surface area contributed by atoms with E-state index in [1.54, 1.807) is 0 Å². The van der Waals surface area contributed by atoms with Gasteiger partial charge in [-0.1, -0.05) is 6.08 Å². The number of urea groups is 1. The molecule has 2 N–H and O–H groups in total. The SMILES string of the molecule is C=Nc1[nH]cc(C2=CCN(C(=O)NC(C)C)CC2)c1/C=C(\C)c1ccc(CN2CCN(C)CC2)s1. The van der Waals surface area contributed by atoms with Crippen LogP contribution in [0.2, 0.25) is 0 Å². The Morgan fingerprint density at radius 3 is 2.69 bits per heavy atom. The molecule has 4 heterocycles. The molecule has 0 atom stereocenters. The molecule has 2 aromatic heterocycles. The Balaban J connectivity index is 1.49. The van der Waals surface area contributed by atoms with Gasteiger partial charge in [-0.3, -0.25) is 4.90 Å². The van der Waals surface area contributed by atoms with Crippen molar-refractivity contribution >= 4 is 47.1 Å². The van der Waals surface area contributed by atoms with Gasteiger partial charge in [0, 0.05) is 78.9 Å². The second kappa shape index (κ2) is 11.4. The van der Waals surface area contributed by atoms with Crippen molar-refractivity contribution in [3.8, 4) is 0 Å². The lowest BCUT2D eigenvalue weighted by Crippen LogP contribution is -2.44. The van der Waals surface area contributed by atoms with E-state index >= 15 is 0 Å². The zero-order valence-electron chi connectivity index (χ0n) is 21.4. The third kappa shape index (κ3) is 6.31. The van der Waals surface area contributed by atoms with Crippen molar-refractivity contribution in [1.29, 1.82) is 0 Å². The lowest BCUT2D eigenvalue weighted by Gasteiger charge is -2.31. The van der Waals surface area contributed by atoms with E-state index in [1.165, 1.54) is 20.9 Å². The molecule has 188 valence electrons. The average Bonchev–Trinajstić information content (AvgIpc) is 3.47. The van der Waals surface area contributed by atoms with Gasteiger partial charge < -0.3 is 20.1 Å². The highest BCUT2D eigenvalue weighted by Gasteiger charge is 2.21. The Kier molecular flexibility index (Phi) is 8.26. The van der Waals surface area contributed by atoms with E-state index in [4.69, 9.17) is 0 Å². The van der Waals surface area contributed by atoms with Crippen LogP contribution in [0.4, 0.5) is 10.6 Å². The van der Waals surface area contributed by atoms with Crippen LogP contribution in [0, 0.1) is 0 Å². The van der Waals surface area contributed by atoms with E-state index in [0.717, 1.165) is 56.1 Å². The lowest BCUT2D eigenvalue weighted by molar-refractivity contribution is 0.149. The summed E-state index contributed by atoms with van der Waals surface area (Å²) in [6.45, 7) is 16.8. The number of aromatic amines is 1. The number of nitrogens with zero attached hydrogens (tertiary/aromatic N) is 4. The number of carbonyl (C=O) groups excluding carboxylic acids is 1. The Hall–Kier alpha value is -2.68. The molecule has 0 unspecified atom stereocenters. The molecule has 0 bridgehead atoms. The minimum absolute atomic E-state index is 0.00106. The fourth-order valence-corrected chi connectivity index (χ4v) is 5.61. The third-order valence-electron chi connectivity index (χ3n) is 6.70. The first kappa shape index (κ1) is 25.4. The summed E-state index contributed by atoms with van der Waals surface area (Å²) in [5.41, 5.74) is 4.67. The topological polar surface area (TPSA) is 67.0 Å². The maximum absolute atomic E-state index is 12.4. The highest BCUT2D eigenvalue weighted by Crippen LogP contribution is 2.35. The molecule has 0 aliphatic carbocycles. The second-order valence-electron chi connectivity index (χ2n) is 9.83. The molecule has 0 saturated carbocycles. The van der Waals surface area contributed by atoms with Crippen LogP contribution in [0.5, 0.6) is 0 Å². The molecule has 0 radical (unpaired) electrons. The molecule has 4 rings (SSSR count). The lowest BCUT2D eigenvalue weighted by atomic mass is 9.97. The molecule has 0 spiro atoms. The Bertz CT molecular complexity index is 1100. The molecule has 8 heteroatoms. The van der Waals surface area contributed by atoms with E-state index in [-0.39, 0.29) is 12.1 Å². The molecule has 2 aliphatic rings.